The second-order valence-corrected chi connectivity index (χ2v) is 5.59. The van der Waals surface area contributed by atoms with E-state index in [1.54, 1.807) is 0 Å². The molecule has 1 aliphatic heterocycles. The van der Waals surface area contributed by atoms with Gasteiger partial charge >= 0.3 is 0 Å². The number of hydrogen-bond donors (Lipinski definition) is 2. The van der Waals surface area contributed by atoms with E-state index >= 15 is 0 Å². The Hall–Kier alpha value is -0.610. The Morgan fingerprint density at radius 2 is 1.88 bits per heavy atom. The van der Waals surface area contributed by atoms with Crippen molar-refractivity contribution in [1.29, 1.82) is 0 Å². The van der Waals surface area contributed by atoms with Crippen LogP contribution in [0.3, 0.4) is 0 Å². The van der Waals surface area contributed by atoms with E-state index in [2.05, 4.69) is 10.3 Å². The summed E-state index contributed by atoms with van der Waals surface area (Å²) in [6.45, 7) is 3.87. The van der Waals surface area contributed by atoms with Crippen LogP contribution in [0.15, 0.2) is 0 Å². The van der Waals surface area contributed by atoms with Crippen LogP contribution < -0.4 is 11.3 Å². The van der Waals surface area contributed by atoms with Crippen LogP contribution in [0.1, 0.15) is 44.9 Å². The van der Waals surface area contributed by atoms with Gasteiger partial charge in [-0.05, 0) is 44.1 Å². The lowest BCUT2D eigenvalue weighted by molar-refractivity contribution is -0.121. The number of amides is 1. The number of hydrogen-bond acceptors (Lipinski definition) is 3. The number of rotatable bonds is 6. The molecule has 0 radical (unpaired) electrons. The molecule has 0 aromatic carbocycles. The van der Waals surface area contributed by atoms with Crippen LogP contribution in [-0.4, -0.2) is 30.4 Å². The van der Waals surface area contributed by atoms with Crippen molar-refractivity contribution in [3.63, 3.8) is 0 Å². The molecule has 1 heterocycles. The molecule has 2 fully saturated rings. The van der Waals surface area contributed by atoms with Gasteiger partial charge in [-0.1, -0.05) is 12.8 Å². The summed E-state index contributed by atoms with van der Waals surface area (Å²) in [5, 5.41) is 0. The van der Waals surface area contributed by atoms with Crippen molar-refractivity contribution in [3.8, 4) is 0 Å². The van der Waals surface area contributed by atoms with Gasteiger partial charge in [-0.3, -0.25) is 10.2 Å². The van der Waals surface area contributed by atoms with Gasteiger partial charge in [0.25, 0.3) is 0 Å². The van der Waals surface area contributed by atoms with Crippen LogP contribution in [-0.2, 0) is 4.79 Å². The smallest absolute Gasteiger partial charge is 0.233 e. The van der Waals surface area contributed by atoms with Gasteiger partial charge in [0.1, 0.15) is 0 Å². The van der Waals surface area contributed by atoms with Gasteiger partial charge < -0.3 is 4.90 Å². The zero-order valence-electron chi connectivity index (χ0n) is 10.7. The van der Waals surface area contributed by atoms with Crippen molar-refractivity contribution in [3.05, 3.63) is 0 Å². The minimum Gasteiger partial charge on any atom is -0.303 e. The Bertz CT molecular complexity index is 245. The molecular formula is C13H25N3O. The SMILES string of the molecule is NNC(=O)CCCCCN1CC2CCCC2C1. The van der Waals surface area contributed by atoms with Crippen LogP contribution >= 0.6 is 0 Å². The lowest BCUT2D eigenvalue weighted by atomic mass is 10.0. The molecule has 3 N–H and O–H groups in total. The summed E-state index contributed by atoms with van der Waals surface area (Å²) >= 11 is 0. The third kappa shape index (κ3) is 3.68. The fourth-order valence-corrected chi connectivity index (χ4v) is 3.38. The van der Waals surface area contributed by atoms with E-state index in [9.17, 15) is 4.79 Å². The van der Waals surface area contributed by atoms with Crippen molar-refractivity contribution in [1.82, 2.24) is 10.3 Å². The van der Waals surface area contributed by atoms with Gasteiger partial charge in [0.2, 0.25) is 5.91 Å². The third-order valence-electron chi connectivity index (χ3n) is 4.34. The number of nitrogens with two attached hydrogens (primary N) is 1. The highest BCUT2D eigenvalue weighted by Gasteiger charge is 2.35. The van der Waals surface area contributed by atoms with Crippen molar-refractivity contribution in [2.24, 2.45) is 17.7 Å². The molecule has 0 aromatic rings. The predicted molar refractivity (Wildman–Crippen MR) is 68.1 cm³/mol. The molecule has 2 rings (SSSR count). The highest BCUT2D eigenvalue weighted by atomic mass is 16.2. The van der Waals surface area contributed by atoms with Crippen LogP contribution in [0.25, 0.3) is 0 Å². The fourth-order valence-electron chi connectivity index (χ4n) is 3.38. The second-order valence-electron chi connectivity index (χ2n) is 5.59. The lowest BCUT2D eigenvalue weighted by Gasteiger charge is -2.16. The monoisotopic (exact) mass is 239 g/mol. The molecule has 17 heavy (non-hydrogen) atoms. The Morgan fingerprint density at radius 1 is 1.18 bits per heavy atom. The van der Waals surface area contributed by atoms with Crippen molar-refractivity contribution in [2.75, 3.05) is 19.6 Å². The first-order chi connectivity index (χ1) is 8.29. The summed E-state index contributed by atoms with van der Waals surface area (Å²) in [5.41, 5.74) is 2.17. The van der Waals surface area contributed by atoms with Crippen molar-refractivity contribution in [2.45, 2.75) is 44.9 Å². The molecule has 98 valence electrons. The third-order valence-corrected chi connectivity index (χ3v) is 4.34. The van der Waals surface area contributed by atoms with Crippen LogP contribution in [0, 0.1) is 11.8 Å². The Labute approximate surface area is 104 Å². The number of fused-ring (bicyclic) bond motifs is 1. The van der Waals surface area contributed by atoms with E-state index in [4.69, 9.17) is 5.84 Å². The summed E-state index contributed by atoms with van der Waals surface area (Å²) < 4.78 is 0. The molecule has 1 saturated carbocycles. The van der Waals surface area contributed by atoms with Crippen LogP contribution in [0.5, 0.6) is 0 Å². The van der Waals surface area contributed by atoms with E-state index in [0.29, 0.717) is 6.42 Å². The first kappa shape index (κ1) is 12.8. The summed E-state index contributed by atoms with van der Waals surface area (Å²) in [5.74, 6) is 6.99. The Kier molecular flexibility index (Phi) is 4.80. The van der Waals surface area contributed by atoms with Gasteiger partial charge in [0, 0.05) is 19.5 Å². The molecule has 4 heteroatoms. The Morgan fingerprint density at radius 3 is 2.53 bits per heavy atom. The average molecular weight is 239 g/mol. The molecule has 2 atom stereocenters. The topological polar surface area (TPSA) is 58.4 Å². The predicted octanol–water partition coefficient (Wildman–Crippen LogP) is 1.27. The number of hydrazine groups is 1. The second kappa shape index (κ2) is 6.36. The standard InChI is InChI=1S/C13H25N3O/c14-15-13(17)7-2-1-3-8-16-9-11-5-4-6-12(11)10-16/h11-12H,1-10,14H2,(H,15,17). The number of nitrogens with one attached hydrogen (secondary N) is 1. The molecule has 4 nitrogen and oxygen atoms in total. The van der Waals surface area contributed by atoms with E-state index < -0.39 is 0 Å². The van der Waals surface area contributed by atoms with Gasteiger partial charge in [0.15, 0.2) is 0 Å². The molecule has 0 spiro atoms. The highest BCUT2D eigenvalue weighted by Crippen LogP contribution is 2.37. The maximum Gasteiger partial charge on any atom is 0.233 e. The number of nitrogens with zero attached hydrogens (tertiary/aromatic N) is 1. The van der Waals surface area contributed by atoms with Crippen LogP contribution in [0.2, 0.25) is 0 Å². The summed E-state index contributed by atoms with van der Waals surface area (Å²) in [6, 6.07) is 0. The molecule has 1 saturated heterocycles. The molecule has 2 aliphatic rings. The summed E-state index contributed by atoms with van der Waals surface area (Å²) in [6.07, 6.45) is 8.26. The number of carbonyl (C=O) groups is 1. The van der Waals surface area contributed by atoms with Gasteiger partial charge in [-0.2, -0.15) is 0 Å². The largest absolute Gasteiger partial charge is 0.303 e. The van der Waals surface area contributed by atoms with Crippen molar-refractivity contribution < 1.29 is 4.79 Å². The summed E-state index contributed by atoms with van der Waals surface area (Å²) in [7, 11) is 0. The maximum atomic E-state index is 10.9. The minimum absolute atomic E-state index is 0.0410. The fraction of sp³-hybridized carbons (Fsp3) is 0.923. The van der Waals surface area contributed by atoms with Gasteiger partial charge in [0.05, 0.1) is 0 Å². The van der Waals surface area contributed by atoms with Gasteiger partial charge in [-0.15, -0.1) is 0 Å². The highest BCUT2D eigenvalue weighted by molar-refractivity contribution is 5.74. The van der Waals surface area contributed by atoms with E-state index in [1.165, 1.54) is 45.3 Å². The molecule has 0 bridgehead atoms. The number of carbonyl (C=O) groups excluding carboxylic acids is 1. The molecule has 1 amide bonds. The normalized spacial score (nSPS) is 28.3. The maximum absolute atomic E-state index is 10.9. The number of unbranched alkanes of at least 4 members (excludes halogenated alkanes) is 2. The van der Waals surface area contributed by atoms with Crippen molar-refractivity contribution >= 4 is 5.91 Å². The zero-order valence-corrected chi connectivity index (χ0v) is 10.7. The molecule has 1 aliphatic carbocycles. The first-order valence-corrected chi connectivity index (χ1v) is 7.01. The quantitative estimate of drug-likeness (QED) is 0.318. The molecule has 2 unspecified atom stereocenters. The Balaban J connectivity index is 1.50. The van der Waals surface area contributed by atoms with E-state index in [1.807, 2.05) is 0 Å². The molecule has 0 aromatic heterocycles. The van der Waals surface area contributed by atoms with Gasteiger partial charge in [-0.25, -0.2) is 5.84 Å². The summed E-state index contributed by atoms with van der Waals surface area (Å²) in [4.78, 5) is 13.5. The van der Waals surface area contributed by atoms with E-state index in [0.717, 1.165) is 24.7 Å². The minimum atomic E-state index is -0.0410. The lowest BCUT2D eigenvalue weighted by Crippen LogP contribution is -2.29. The average Bonchev–Trinajstić information content (AvgIpc) is 2.88. The van der Waals surface area contributed by atoms with Crippen LogP contribution in [0.4, 0.5) is 0 Å². The zero-order chi connectivity index (χ0) is 12.1. The molecular weight excluding hydrogens is 214 g/mol. The number of likely N-dealkylation sites (tertiary alicyclic amines) is 1. The van der Waals surface area contributed by atoms with E-state index in [-0.39, 0.29) is 5.91 Å². The first-order valence-electron chi connectivity index (χ1n) is 7.01.